The van der Waals surface area contributed by atoms with Gasteiger partial charge >= 0.3 is 0 Å². The molecule has 2 rings (SSSR count). The van der Waals surface area contributed by atoms with Crippen LogP contribution in [0.3, 0.4) is 0 Å². The number of hydrogen-bond donors (Lipinski definition) is 0. The Labute approximate surface area is 124 Å². The predicted molar refractivity (Wildman–Crippen MR) is 82.5 cm³/mol. The van der Waals surface area contributed by atoms with Crippen LogP contribution in [-0.4, -0.2) is 29.8 Å². The van der Waals surface area contributed by atoms with E-state index < -0.39 is 0 Å². The monoisotopic (exact) mass is 323 g/mol. The van der Waals surface area contributed by atoms with Gasteiger partial charge in [-0.3, -0.25) is 9.69 Å². The van der Waals surface area contributed by atoms with Gasteiger partial charge in [-0.25, -0.2) is 0 Å². The number of Topliss-reactive ketones (excluding diaryl/α,β-unsaturated/α-hetero) is 1. The molecule has 0 aromatic heterocycles. The van der Waals surface area contributed by atoms with Crippen molar-refractivity contribution >= 4 is 21.7 Å². The summed E-state index contributed by atoms with van der Waals surface area (Å²) in [7, 11) is 0. The van der Waals surface area contributed by atoms with Crippen LogP contribution in [0.25, 0.3) is 0 Å². The van der Waals surface area contributed by atoms with Crippen molar-refractivity contribution in [2.45, 2.75) is 39.2 Å². The SMILES string of the molecule is CCCC1CCN(C(C)C(=O)c2ccc(Br)cc2)C1. The molecule has 19 heavy (non-hydrogen) atoms. The average Bonchev–Trinajstić information content (AvgIpc) is 2.87. The van der Waals surface area contributed by atoms with Gasteiger partial charge in [-0.05, 0) is 44.4 Å². The Bertz CT molecular complexity index is 429. The number of carbonyl (C=O) groups is 1. The number of hydrogen-bond acceptors (Lipinski definition) is 2. The second kappa shape index (κ2) is 6.67. The Balaban J connectivity index is 1.98. The molecular formula is C16H22BrNO. The van der Waals surface area contributed by atoms with Gasteiger partial charge in [0.25, 0.3) is 0 Å². The largest absolute Gasteiger partial charge is 0.293 e. The molecule has 2 nitrogen and oxygen atoms in total. The highest BCUT2D eigenvalue weighted by atomic mass is 79.9. The molecule has 1 aliphatic heterocycles. The number of benzene rings is 1. The van der Waals surface area contributed by atoms with Crippen LogP contribution in [0.5, 0.6) is 0 Å². The van der Waals surface area contributed by atoms with E-state index >= 15 is 0 Å². The standard InChI is InChI=1S/C16H22BrNO/c1-3-4-13-9-10-18(11-13)12(2)16(19)14-5-7-15(17)8-6-14/h5-8,12-13H,3-4,9-11H2,1-2H3. The first-order chi connectivity index (χ1) is 9.11. The first-order valence-corrected chi connectivity index (χ1v) is 7.95. The van der Waals surface area contributed by atoms with E-state index in [9.17, 15) is 4.79 Å². The van der Waals surface area contributed by atoms with E-state index in [4.69, 9.17) is 0 Å². The summed E-state index contributed by atoms with van der Waals surface area (Å²) in [5.41, 5.74) is 0.814. The fourth-order valence-corrected chi connectivity index (χ4v) is 3.14. The normalized spacial score (nSPS) is 21.5. The fourth-order valence-electron chi connectivity index (χ4n) is 2.88. The van der Waals surface area contributed by atoms with Gasteiger partial charge in [-0.15, -0.1) is 0 Å². The van der Waals surface area contributed by atoms with Crippen molar-refractivity contribution in [3.8, 4) is 0 Å². The molecule has 1 saturated heterocycles. The lowest BCUT2D eigenvalue weighted by atomic mass is 10.0. The Morgan fingerprint density at radius 3 is 2.74 bits per heavy atom. The summed E-state index contributed by atoms with van der Waals surface area (Å²) in [6.45, 7) is 6.42. The number of carbonyl (C=O) groups excluding carboxylic acids is 1. The molecule has 0 aliphatic carbocycles. The van der Waals surface area contributed by atoms with E-state index in [1.54, 1.807) is 0 Å². The van der Waals surface area contributed by atoms with Crippen LogP contribution < -0.4 is 0 Å². The maximum atomic E-state index is 12.5. The van der Waals surface area contributed by atoms with E-state index in [-0.39, 0.29) is 11.8 Å². The Hall–Kier alpha value is -0.670. The van der Waals surface area contributed by atoms with Gasteiger partial charge < -0.3 is 0 Å². The summed E-state index contributed by atoms with van der Waals surface area (Å²) < 4.78 is 1.01. The highest BCUT2D eigenvalue weighted by molar-refractivity contribution is 9.10. The van der Waals surface area contributed by atoms with Crippen LogP contribution in [0.15, 0.2) is 28.7 Å². The molecule has 3 heteroatoms. The van der Waals surface area contributed by atoms with E-state index in [0.29, 0.717) is 0 Å². The van der Waals surface area contributed by atoms with E-state index in [0.717, 1.165) is 29.0 Å². The van der Waals surface area contributed by atoms with Crippen LogP contribution >= 0.6 is 15.9 Å². The van der Waals surface area contributed by atoms with Crippen LogP contribution in [0, 0.1) is 5.92 Å². The highest BCUT2D eigenvalue weighted by Crippen LogP contribution is 2.24. The number of nitrogens with zero attached hydrogens (tertiary/aromatic N) is 1. The van der Waals surface area contributed by atoms with Gasteiger partial charge in [0.15, 0.2) is 5.78 Å². The summed E-state index contributed by atoms with van der Waals surface area (Å²) in [6, 6.07) is 7.68. The Morgan fingerprint density at radius 2 is 2.11 bits per heavy atom. The van der Waals surface area contributed by atoms with Gasteiger partial charge in [-0.1, -0.05) is 41.4 Å². The minimum atomic E-state index is 0.00281. The van der Waals surface area contributed by atoms with E-state index in [1.165, 1.54) is 19.3 Å². The zero-order valence-corrected chi connectivity index (χ0v) is 13.3. The topological polar surface area (TPSA) is 20.3 Å². The van der Waals surface area contributed by atoms with Crippen LogP contribution in [0.2, 0.25) is 0 Å². The molecule has 0 radical (unpaired) electrons. The molecule has 104 valence electrons. The zero-order chi connectivity index (χ0) is 13.8. The lowest BCUT2D eigenvalue weighted by Gasteiger charge is -2.23. The molecule has 1 aliphatic rings. The first kappa shape index (κ1) is 14.7. The molecule has 0 N–H and O–H groups in total. The van der Waals surface area contributed by atoms with Gasteiger partial charge in [-0.2, -0.15) is 0 Å². The van der Waals surface area contributed by atoms with Gasteiger partial charge in [0.05, 0.1) is 6.04 Å². The second-order valence-electron chi connectivity index (χ2n) is 5.49. The fraction of sp³-hybridized carbons (Fsp3) is 0.562. The molecule has 0 spiro atoms. The van der Waals surface area contributed by atoms with E-state index in [2.05, 4.69) is 27.8 Å². The lowest BCUT2D eigenvalue weighted by Crippen LogP contribution is -2.37. The highest BCUT2D eigenvalue weighted by Gasteiger charge is 2.29. The maximum Gasteiger partial charge on any atom is 0.179 e. The van der Waals surface area contributed by atoms with Gasteiger partial charge in [0, 0.05) is 16.6 Å². The smallest absolute Gasteiger partial charge is 0.179 e. The molecule has 0 saturated carbocycles. The zero-order valence-electron chi connectivity index (χ0n) is 11.7. The molecule has 1 fully saturated rings. The number of likely N-dealkylation sites (tertiary alicyclic amines) is 1. The minimum absolute atomic E-state index is 0.00281. The summed E-state index contributed by atoms with van der Waals surface area (Å²) in [5, 5.41) is 0. The number of rotatable bonds is 5. The molecule has 0 amide bonds. The third-order valence-corrected chi connectivity index (χ3v) is 4.60. The van der Waals surface area contributed by atoms with Crippen LogP contribution in [0.4, 0.5) is 0 Å². The second-order valence-corrected chi connectivity index (χ2v) is 6.40. The minimum Gasteiger partial charge on any atom is -0.293 e. The third kappa shape index (κ3) is 3.67. The average molecular weight is 324 g/mol. The molecule has 2 unspecified atom stereocenters. The van der Waals surface area contributed by atoms with Crippen molar-refractivity contribution in [1.29, 1.82) is 0 Å². The lowest BCUT2D eigenvalue weighted by molar-refractivity contribution is 0.0862. The van der Waals surface area contributed by atoms with Crippen LogP contribution in [-0.2, 0) is 0 Å². The molecule has 0 bridgehead atoms. The summed E-state index contributed by atoms with van der Waals surface area (Å²) in [5.74, 6) is 1.02. The van der Waals surface area contributed by atoms with E-state index in [1.807, 2.05) is 31.2 Å². The summed E-state index contributed by atoms with van der Waals surface area (Å²) in [6.07, 6.45) is 3.77. The Kier molecular flexibility index (Phi) is 5.17. The molecule has 1 heterocycles. The summed E-state index contributed by atoms with van der Waals surface area (Å²) in [4.78, 5) is 14.8. The summed E-state index contributed by atoms with van der Waals surface area (Å²) >= 11 is 3.40. The molecule has 1 aromatic carbocycles. The van der Waals surface area contributed by atoms with Gasteiger partial charge in [0.2, 0.25) is 0 Å². The van der Waals surface area contributed by atoms with Crippen molar-refractivity contribution in [3.05, 3.63) is 34.3 Å². The molecule has 2 atom stereocenters. The van der Waals surface area contributed by atoms with Crippen molar-refractivity contribution in [2.75, 3.05) is 13.1 Å². The predicted octanol–water partition coefficient (Wildman–Crippen LogP) is 4.14. The van der Waals surface area contributed by atoms with Crippen molar-refractivity contribution in [1.82, 2.24) is 4.90 Å². The quantitative estimate of drug-likeness (QED) is 0.759. The van der Waals surface area contributed by atoms with Crippen molar-refractivity contribution in [3.63, 3.8) is 0 Å². The number of ketones is 1. The maximum absolute atomic E-state index is 12.5. The first-order valence-electron chi connectivity index (χ1n) is 7.15. The Morgan fingerprint density at radius 1 is 1.42 bits per heavy atom. The molecular weight excluding hydrogens is 302 g/mol. The van der Waals surface area contributed by atoms with Crippen LogP contribution in [0.1, 0.15) is 43.5 Å². The van der Waals surface area contributed by atoms with Gasteiger partial charge in [0.1, 0.15) is 0 Å². The number of halogens is 1. The molecule has 1 aromatic rings. The van der Waals surface area contributed by atoms with Crippen molar-refractivity contribution in [2.24, 2.45) is 5.92 Å². The van der Waals surface area contributed by atoms with Crippen molar-refractivity contribution < 1.29 is 4.79 Å². The third-order valence-electron chi connectivity index (χ3n) is 4.07.